The summed E-state index contributed by atoms with van der Waals surface area (Å²) in [4.78, 5) is 110. The summed E-state index contributed by atoms with van der Waals surface area (Å²) in [5.41, 5.74) is 15.6. The number of likely N-dealkylation sites (tertiary alicyclic amines) is 2. The SMILES string of the molecule is CC(C)(C)OC(=O)N1CCC(NC(=O)c2ccc3c(c2)C2=C(C3)C(=O)C(C)(C)CC23CCC3)C1.CC(C)(C)OC(=O)N1CC[C@@H](N)C1.CC1(C)CC2(CCC2)c2c([nH]c3ccc(C(=O)NC4CCCC4)cc23)C1=O.CC1(C)CC2(CCC2)c2c([nH]c3ccc(C(=O)O)cc23)C1=O. The van der Waals surface area contributed by atoms with Gasteiger partial charge in [0.15, 0.2) is 17.3 Å². The molecule has 4 amide bonds. The van der Waals surface area contributed by atoms with Gasteiger partial charge in [-0.3, -0.25) is 24.0 Å². The first kappa shape index (κ1) is 68.3. The number of aromatic carboxylic acids is 1. The van der Waals surface area contributed by atoms with Gasteiger partial charge in [0.2, 0.25) is 0 Å². The molecule has 2 saturated heterocycles. The van der Waals surface area contributed by atoms with Gasteiger partial charge in [-0.2, -0.15) is 0 Å². The van der Waals surface area contributed by atoms with Crippen molar-refractivity contribution in [1.82, 2.24) is 30.4 Å². The van der Waals surface area contributed by atoms with Gasteiger partial charge in [-0.05, 0) is 218 Å². The summed E-state index contributed by atoms with van der Waals surface area (Å²) in [7, 11) is 0. The first-order valence-corrected chi connectivity index (χ1v) is 35.4. The van der Waals surface area contributed by atoms with Crippen LogP contribution in [-0.4, -0.2) is 128 Å². The Balaban J connectivity index is 0.000000128. The molecule has 2 aliphatic heterocycles. The lowest BCUT2D eigenvalue weighted by Gasteiger charge is -2.51. The molecule has 3 spiro atoms. The van der Waals surface area contributed by atoms with Crippen molar-refractivity contribution in [2.75, 3.05) is 26.2 Å². The zero-order valence-electron chi connectivity index (χ0n) is 58.7. The van der Waals surface area contributed by atoms with E-state index in [1.165, 1.54) is 43.2 Å². The quantitative estimate of drug-likeness (QED) is 0.0960. The predicted molar refractivity (Wildman–Crippen MR) is 371 cm³/mol. The van der Waals surface area contributed by atoms with Crippen LogP contribution < -0.4 is 16.4 Å². The van der Waals surface area contributed by atoms with E-state index >= 15 is 0 Å². The van der Waals surface area contributed by atoms with Crippen molar-refractivity contribution in [2.24, 2.45) is 27.4 Å². The van der Waals surface area contributed by atoms with Gasteiger partial charge >= 0.3 is 18.2 Å². The monoisotopic (exact) mass is 1310 g/mol. The number of rotatable bonds is 5. The van der Waals surface area contributed by atoms with Crippen LogP contribution in [0.1, 0.15) is 273 Å². The second kappa shape index (κ2) is 24.7. The summed E-state index contributed by atoms with van der Waals surface area (Å²) in [6.07, 6.45) is 19.2. The van der Waals surface area contributed by atoms with Gasteiger partial charge in [-0.25, -0.2) is 14.4 Å². The van der Waals surface area contributed by atoms with Crippen molar-refractivity contribution < 1.29 is 52.9 Å². The maximum Gasteiger partial charge on any atom is 0.410 e. The van der Waals surface area contributed by atoms with Crippen molar-refractivity contribution in [3.8, 4) is 0 Å². The van der Waals surface area contributed by atoms with E-state index in [1.807, 2.05) is 91.8 Å². The molecule has 18 heteroatoms. The number of nitrogens with zero attached hydrogens (tertiary/aromatic N) is 2. The Labute approximate surface area is 564 Å². The van der Waals surface area contributed by atoms with Gasteiger partial charge < -0.3 is 50.7 Å². The molecule has 5 aromatic rings. The lowest BCUT2D eigenvalue weighted by atomic mass is 9.52. The number of carboxylic acids is 1. The highest BCUT2D eigenvalue weighted by Gasteiger charge is 2.56. The molecule has 8 aliphatic carbocycles. The number of hydrogen-bond acceptors (Lipinski definition) is 11. The van der Waals surface area contributed by atoms with Gasteiger partial charge in [0.05, 0.1) is 17.0 Å². The van der Waals surface area contributed by atoms with Crippen LogP contribution >= 0.6 is 0 Å². The van der Waals surface area contributed by atoms with Crippen LogP contribution in [0.5, 0.6) is 0 Å². The normalized spacial score (nSPS) is 23.4. The van der Waals surface area contributed by atoms with Gasteiger partial charge in [-0.15, -0.1) is 0 Å². The molecule has 0 bridgehead atoms. The summed E-state index contributed by atoms with van der Waals surface area (Å²) < 4.78 is 10.7. The Bertz CT molecular complexity index is 4030. The Morgan fingerprint density at radius 1 is 0.542 bits per heavy atom. The van der Waals surface area contributed by atoms with E-state index in [-0.39, 0.29) is 91.5 Å². The Morgan fingerprint density at radius 3 is 1.45 bits per heavy atom. The third kappa shape index (κ3) is 13.0. The molecule has 2 atom stereocenters. The number of carbonyl (C=O) groups excluding carboxylic acids is 7. The van der Waals surface area contributed by atoms with Crippen LogP contribution in [-0.2, 0) is 31.5 Å². The highest BCUT2D eigenvalue weighted by Crippen LogP contribution is 2.64. The third-order valence-corrected chi connectivity index (χ3v) is 22.6. The molecule has 15 rings (SSSR count). The van der Waals surface area contributed by atoms with Crippen LogP contribution in [0, 0.1) is 21.7 Å². The van der Waals surface area contributed by atoms with Crippen LogP contribution in [0.2, 0.25) is 0 Å². The summed E-state index contributed by atoms with van der Waals surface area (Å²) in [6, 6.07) is 17.2. The van der Waals surface area contributed by atoms with Crippen LogP contribution in [0.15, 0.2) is 60.2 Å². The predicted octanol–water partition coefficient (Wildman–Crippen LogP) is 14.6. The molecule has 6 fully saturated rings. The maximum atomic E-state index is 13.3. The first-order valence-electron chi connectivity index (χ1n) is 35.4. The number of hydrogen-bond donors (Lipinski definition) is 6. The number of Topliss-reactive ketones (excluding diaryl/α,β-unsaturated/α-hetero) is 3. The molecule has 7 N–H and O–H groups in total. The molecule has 96 heavy (non-hydrogen) atoms. The van der Waals surface area contributed by atoms with E-state index in [2.05, 4.69) is 48.3 Å². The van der Waals surface area contributed by atoms with Crippen molar-refractivity contribution in [3.63, 3.8) is 0 Å². The molecule has 4 heterocycles. The fourth-order valence-electron chi connectivity index (χ4n) is 17.9. The van der Waals surface area contributed by atoms with Gasteiger partial charge in [-0.1, -0.05) is 79.7 Å². The first-order chi connectivity index (χ1) is 45.0. The van der Waals surface area contributed by atoms with Gasteiger partial charge in [0, 0.05) is 105 Å². The number of carboxylic acid groups (broad SMARTS) is 1. The molecular formula is C78H101N7O11. The lowest BCUT2D eigenvalue weighted by molar-refractivity contribution is -0.126. The maximum absolute atomic E-state index is 13.3. The van der Waals surface area contributed by atoms with Gasteiger partial charge in [0.25, 0.3) is 11.8 Å². The third-order valence-electron chi connectivity index (χ3n) is 22.6. The van der Waals surface area contributed by atoms with Gasteiger partial charge in [0.1, 0.15) is 11.2 Å². The summed E-state index contributed by atoms with van der Waals surface area (Å²) in [6.45, 7) is 25.9. The minimum Gasteiger partial charge on any atom is -0.478 e. The van der Waals surface area contributed by atoms with Crippen LogP contribution in [0.25, 0.3) is 27.4 Å². The number of nitrogens with two attached hydrogens (primary N) is 1. The number of amides is 4. The summed E-state index contributed by atoms with van der Waals surface area (Å²) in [5, 5.41) is 17.5. The number of ether oxygens (including phenoxy) is 2. The number of aromatic nitrogens is 2. The average molecular weight is 1310 g/mol. The fourth-order valence-corrected chi connectivity index (χ4v) is 17.9. The van der Waals surface area contributed by atoms with Crippen molar-refractivity contribution in [3.05, 3.63) is 111 Å². The fraction of sp³-hybridized carbons (Fsp3) is 0.590. The van der Waals surface area contributed by atoms with E-state index in [0.717, 1.165) is 133 Å². The second-order valence-corrected chi connectivity index (χ2v) is 33.9. The number of ketones is 3. The number of fused-ring (bicyclic) bond motifs is 11. The van der Waals surface area contributed by atoms with E-state index in [4.69, 9.17) is 15.2 Å². The molecule has 10 aliphatic rings. The highest BCUT2D eigenvalue weighted by atomic mass is 16.6. The molecule has 514 valence electrons. The number of nitrogens with one attached hydrogen (secondary N) is 4. The van der Waals surface area contributed by atoms with Crippen molar-refractivity contribution in [2.45, 2.75) is 245 Å². The number of allylic oxidation sites excluding steroid dienone is 2. The number of aromatic amines is 2. The van der Waals surface area contributed by atoms with Crippen molar-refractivity contribution in [1.29, 1.82) is 0 Å². The van der Waals surface area contributed by atoms with E-state index < -0.39 is 17.2 Å². The molecule has 1 unspecified atom stereocenters. The van der Waals surface area contributed by atoms with E-state index in [1.54, 1.807) is 28.0 Å². The lowest BCUT2D eigenvalue weighted by Crippen LogP contribution is -2.46. The second-order valence-electron chi connectivity index (χ2n) is 33.9. The topological polar surface area (TPSA) is 263 Å². The smallest absolute Gasteiger partial charge is 0.410 e. The van der Waals surface area contributed by atoms with E-state index in [0.29, 0.717) is 55.3 Å². The molecule has 4 saturated carbocycles. The molecule has 18 nitrogen and oxygen atoms in total. The standard InChI is InChI=1S/C28H36N2O4.C23H28N2O2.C18H19NO3.C9H18N2O2/c1-26(2,3)34-25(33)30-12-9-19(15-30)29-24(32)18-8-7-17-13-21-22(20(17)14-18)28(10-6-11-28)16-27(4,5)23(21)31;1-22(2)13-23(10-5-11-23)18-16-12-14(21(27)24-15-6-3-4-7-15)8-9-17(16)25-19(18)20(22)26;1-17(2)9-18(6-3-7-18)13-11-8-10(16(21)22)4-5-12(11)19-14(13)15(17)20;1-9(2,3)13-8(12)11-5-4-7(10)6-11/h7-8,14,19H,6,9-13,15-16H2,1-5H3,(H,29,32);8-9,12,15,25H,3-7,10-11,13H2,1-2H3,(H,24,27);4-5,8,19H,3,6-7,9H2,1-2H3,(H,21,22);7H,4-6,10H2,1-3H3/t;;;7-/m...1/s1. The van der Waals surface area contributed by atoms with Crippen LogP contribution in [0.3, 0.4) is 0 Å². The number of benzene rings is 3. The minimum absolute atomic E-state index is 0.0175. The average Bonchev–Trinajstić information content (AvgIpc) is 1.46. The Kier molecular flexibility index (Phi) is 17.6. The van der Waals surface area contributed by atoms with Crippen LogP contribution in [0.4, 0.5) is 9.59 Å². The largest absolute Gasteiger partial charge is 0.478 e. The summed E-state index contributed by atoms with van der Waals surface area (Å²) in [5.74, 6) is -0.407. The summed E-state index contributed by atoms with van der Waals surface area (Å²) >= 11 is 0. The molecule has 0 radical (unpaired) electrons. The minimum atomic E-state index is -0.929. The highest BCUT2D eigenvalue weighted by molar-refractivity contribution is 6.12. The molecular weight excluding hydrogens is 1210 g/mol. The molecule has 3 aromatic carbocycles. The Morgan fingerprint density at radius 2 is 0.979 bits per heavy atom. The number of carbonyl (C=O) groups is 8. The Hall–Kier alpha value is -7.60. The van der Waals surface area contributed by atoms with E-state index in [9.17, 15) is 43.5 Å². The zero-order chi connectivity index (χ0) is 69.0. The molecule has 2 aromatic heterocycles. The van der Waals surface area contributed by atoms with Crippen molar-refractivity contribution >= 4 is 74.7 Å². The number of H-pyrrole nitrogens is 2. The zero-order valence-corrected chi connectivity index (χ0v) is 58.7.